The van der Waals surface area contributed by atoms with Gasteiger partial charge in [0.05, 0.1) is 27.4 Å². The number of carbonyl (C=O) groups excluding carboxylic acids is 2. The number of carbonyl (C=O) groups is 2. The number of rotatable bonds is 3. The van der Waals surface area contributed by atoms with Gasteiger partial charge in [0.1, 0.15) is 10.1 Å². The fourth-order valence-corrected chi connectivity index (χ4v) is 4.91. The molecule has 1 aliphatic carbocycles. The van der Waals surface area contributed by atoms with Crippen molar-refractivity contribution in [2.75, 3.05) is 11.1 Å². The topological polar surface area (TPSA) is 129 Å². The molecule has 0 radical (unpaired) electrons. The van der Waals surface area contributed by atoms with Gasteiger partial charge in [-0.3, -0.25) is 9.59 Å². The first-order valence-corrected chi connectivity index (χ1v) is 11.5. The van der Waals surface area contributed by atoms with Crippen molar-refractivity contribution >= 4 is 49.5 Å². The zero-order valence-electron chi connectivity index (χ0n) is 18.4. The Kier molecular flexibility index (Phi) is 6.14. The van der Waals surface area contributed by atoms with Gasteiger partial charge in [-0.1, -0.05) is 60.7 Å². The van der Waals surface area contributed by atoms with Crippen LogP contribution in [0.1, 0.15) is 37.4 Å². The van der Waals surface area contributed by atoms with Gasteiger partial charge in [-0.15, -0.1) is 0 Å². The van der Waals surface area contributed by atoms with E-state index >= 15 is 0 Å². The van der Waals surface area contributed by atoms with Crippen molar-refractivity contribution in [2.24, 2.45) is 0 Å². The van der Waals surface area contributed by atoms with Crippen LogP contribution in [-0.2, 0) is 10.1 Å². The number of aryl methyl sites for hydroxylation is 1. The summed E-state index contributed by atoms with van der Waals surface area (Å²) in [5.74, 6) is -1.09. The molecule has 1 aliphatic rings. The van der Waals surface area contributed by atoms with Gasteiger partial charge in [-0.05, 0) is 23.9 Å². The van der Waals surface area contributed by atoms with Crippen LogP contribution in [0.25, 0.3) is 10.8 Å². The molecule has 0 heterocycles. The normalized spacial score (nSPS) is 12.6. The van der Waals surface area contributed by atoms with Gasteiger partial charge in [-0.2, -0.15) is 0 Å². The van der Waals surface area contributed by atoms with Gasteiger partial charge in [0.2, 0.25) is 0 Å². The van der Waals surface area contributed by atoms with Crippen molar-refractivity contribution < 1.29 is 52.1 Å². The largest absolute Gasteiger partial charge is 1.00 e. The Morgan fingerprint density at radius 3 is 2.09 bits per heavy atom. The molecule has 0 fully saturated rings. The van der Waals surface area contributed by atoms with Gasteiger partial charge in [0, 0.05) is 22.2 Å². The first-order chi connectivity index (χ1) is 15.7. The van der Waals surface area contributed by atoms with E-state index in [4.69, 9.17) is 5.73 Å². The van der Waals surface area contributed by atoms with Gasteiger partial charge in [0.15, 0.2) is 11.6 Å². The van der Waals surface area contributed by atoms with Crippen LogP contribution < -0.4 is 40.6 Å². The number of ketones is 2. The van der Waals surface area contributed by atoms with Crippen LogP contribution in [0.15, 0.2) is 71.6 Å². The molecule has 0 bridgehead atoms. The van der Waals surface area contributed by atoms with Gasteiger partial charge < -0.3 is 15.6 Å². The standard InChI is InChI=1S/C25H18N2O5S.Na/c1-13-10-11-14-6-2-3-7-15(14)23(13)27-18-12-19(33(30,31)32)22(26)21-20(18)24(28)16-8-4-5-9-17(16)25(21)29;/h2-12,27H,26H2,1H3,(H,30,31,32);/q;+1/p-1. The Morgan fingerprint density at radius 2 is 1.44 bits per heavy atom. The van der Waals surface area contributed by atoms with Crippen LogP contribution in [0, 0.1) is 6.92 Å². The van der Waals surface area contributed by atoms with E-state index in [1.165, 1.54) is 12.1 Å². The Bertz CT molecular complexity index is 1630. The van der Waals surface area contributed by atoms with E-state index in [1.807, 2.05) is 43.3 Å². The summed E-state index contributed by atoms with van der Waals surface area (Å²) in [6.45, 7) is 1.85. The molecule has 0 aliphatic heterocycles. The molecule has 4 aromatic carbocycles. The Morgan fingerprint density at radius 1 is 0.853 bits per heavy atom. The average molecular weight is 480 g/mol. The summed E-state index contributed by atoms with van der Waals surface area (Å²) in [6, 6.07) is 18.6. The summed E-state index contributed by atoms with van der Waals surface area (Å²) in [6.07, 6.45) is 0. The van der Waals surface area contributed by atoms with E-state index in [0.29, 0.717) is 5.69 Å². The molecule has 0 aromatic heterocycles. The third-order valence-electron chi connectivity index (χ3n) is 5.87. The number of anilines is 3. The first-order valence-electron chi connectivity index (χ1n) is 10.0. The van der Waals surface area contributed by atoms with Crippen LogP contribution >= 0.6 is 0 Å². The third-order valence-corrected chi connectivity index (χ3v) is 6.74. The Balaban J connectivity index is 0.00000274. The maximum absolute atomic E-state index is 13.5. The van der Waals surface area contributed by atoms with E-state index in [0.717, 1.165) is 22.4 Å². The van der Waals surface area contributed by atoms with E-state index in [1.54, 1.807) is 12.1 Å². The minimum absolute atomic E-state index is 0. The monoisotopic (exact) mass is 480 g/mol. The zero-order chi connectivity index (χ0) is 23.5. The van der Waals surface area contributed by atoms with Crippen LogP contribution in [0.5, 0.6) is 0 Å². The van der Waals surface area contributed by atoms with Crippen molar-refractivity contribution in [2.45, 2.75) is 11.8 Å². The molecule has 3 N–H and O–H groups in total. The molecule has 9 heteroatoms. The van der Waals surface area contributed by atoms with E-state index in [-0.39, 0.29) is 57.5 Å². The molecule has 34 heavy (non-hydrogen) atoms. The summed E-state index contributed by atoms with van der Waals surface area (Å²) in [5.41, 5.74) is 6.90. The van der Waals surface area contributed by atoms with Gasteiger partial charge >= 0.3 is 29.6 Å². The molecule has 0 unspecified atom stereocenters. The van der Waals surface area contributed by atoms with Crippen molar-refractivity contribution in [3.8, 4) is 0 Å². The minimum Gasteiger partial charge on any atom is -0.744 e. The number of nitrogens with one attached hydrogen (secondary N) is 1. The van der Waals surface area contributed by atoms with Crippen molar-refractivity contribution in [1.29, 1.82) is 0 Å². The van der Waals surface area contributed by atoms with E-state index in [2.05, 4.69) is 5.32 Å². The number of hydrogen-bond donors (Lipinski definition) is 2. The first kappa shape index (κ1) is 24.1. The predicted molar refractivity (Wildman–Crippen MR) is 124 cm³/mol. The molecule has 4 aromatic rings. The SMILES string of the molecule is Cc1ccc2ccccc2c1Nc1cc(S(=O)(=O)[O-])c(N)c2c1C(=O)c1ccccc1C2=O.[Na+]. The summed E-state index contributed by atoms with van der Waals surface area (Å²) in [5, 5.41) is 4.87. The molecule has 5 rings (SSSR count). The fourth-order valence-electron chi connectivity index (χ4n) is 4.28. The molecular formula is C25H17N2NaO5S. The fraction of sp³-hybridized carbons (Fsp3) is 0.0400. The molecule has 0 amide bonds. The quantitative estimate of drug-likeness (QED) is 0.225. The zero-order valence-corrected chi connectivity index (χ0v) is 21.2. The molecule has 164 valence electrons. The van der Waals surface area contributed by atoms with E-state index < -0.39 is 32.3 Å². The predicted octanol–water partition coefficient (Wildman–Crippen LogP) is 1.16. The Hall–Kier alpha value is -3.01. The maximum atomic E-state index is 13.5. The van der Waals surface area contributed by atoms with Gasteiger partial charge in [0.25, 0.3) is 0 Å². The van der Waals surface area contributed by atoms with Crippen LogP contribution in [0.4, 0.5) is 17.1 Å². The number of nitrogens with two attached hydrogens (primary N) is 1. The molecule has 0 saturated heterocycles. The van der Waals surface area contributed by atoms with Crippen molar-refractivity contribution in [1.82, 2.24) is 0 Å². The second-order valence-corrected chi connectivity index (χ2v) is 9.20. The molecule has 0 spiro atoms. The summed E-state index contributed by atoms with van der Waals surface area (Å²) >= 11 is 0. The summed E-state index contributed by atoms with van der Waals surface area (Å²) in [4.78, 5) is 26.0. The summed E-state index contributed by atoms with van der Waals surface area (Å²) in [7, 11) is -5.03. The smallest absolute Gasteiger partial charge is 0.744 e. The average Bonchev–Trinajstić information content (AvgIpc) is 2.79. The number of fused-ring (bicyclic) bond motifs is 3. The van der Waals surface area contributed by atoms with Crippen LogP contribution in [0.2, 0.25) is 0 Å². The number of hydrogen-bond acceptors (Lipinski definition) is 7. The van der Waals surface area contributed by atoms with Crippen LogP contribution in [-0.4, -0.2) is 24.5 Å². The second kappa shape index (κ2) is 8.65. The van der Waals surface area contributed by atoms with E-state index in [9.17, 15) is 22.6 Å². The van der Waals surface area contributed by atoms with Gasteiger partial charge in [-0.25, -0.2) is 8.42 Å². The van der Waals surface area contributed by atoms with Crippen molar-refractivity contribution in [3.05, 3.63) is 94.5 Å². The minimum atomic E-state index is -5.03. The Labute approximate surface area is 218 Å². The van der Waals surface area contributed by atoms with Crippen molar-refractivity contribution in [3.63, 3.8) is 0 Å². The molecule has 0 saturated carbocycles. The van der Waals surface area contributed by atoms with Crippen LogP contribution in [0.3, 0.4) is 0 Å². The molecule has 0 atom stereocenters. The maximum Gasteiger partial charge on any atom is 1.00 e. The molecular weight excluding hydrogens is 463 g/mol. The molecule has 7 nitrogen and oxygen atoms in total. The summed E-state index contributed by atoms with van der Waals surface area (Å²) < 4.78 is 36.0. The third kappa shape index (κ3) is 3.73. The second-order valence-electron chi connectivity index (χ2n) is 7.85. The number of nitrogen functional groups attached to an aromatic ring is 1. The number of benzene rings is 4.